The molecule has 0 spiro atoms. The molecule has 0 aliphatic carbocycles. The van der Waals surface area contributed by atoms with Crippen LogP contribution in [0.4, 0.5) is 5.95 Å². The molecule has 132 valence electrons. The van der Waals surface area contributed by atoms with E-state index in [9.17, 15) is 14.4 Å². The van der Waals surface area contributed by atoms with Gasteiger partial charge < -0.3 is 14.2 Å². The number of likely N-dealkylation sites (N-methyl/N-ethyl adjacent to an activating group) is 1. The van der Waals surface area contributed by atoms with E-state index in [1.54, 1.807) is 30.6 Å². The number of aromatic nitrogens is 4. The number of hydrogen-bond donors (Lipinski definition) is 0. The van der Waals surface area contributed by atoms with Crippen LogP contribution in [0.3, 0.4) is 0 Å². The Balaban J connectivity index is 2.37. The van der Waals surface area contributed by atoms with Crippen molar-refractivity contribution in [2.75, 3.05) is 25.1 Å². The molecule has 0 saturated heterocycles. The number of imidazole rings is 1. The summed E-state index contributed by atoms with van der Waals surface area (Å²) in [7, 11) is 6.34. The molecule has 0 bridgehead atoms. The van der Waals surface area contributed by atoms with Crippen molar-refractivity contribution in [3.63, 3.8) is 0 Å². The number of hydrogen-bond acceptors (Lipinski definition) is 6. The van der Waals surface area contributed by atoms with Gasteiger partial charge in [-0.3, -0.25) is 18.7 Å². The molecule has 9 heteroatoms. The number of carbonyl (C=O) groups is 1. The Hall–Kier alpha value is -2.58. The van der Waals surface area contributed by atoms with Crippen molar-refractivity contribution in [2.45, 2.75) is 19.8 Å². The molecule has 0 amide bonds. The summed E-state index contributed by atoms with van der Waals surface area (Å²) in [4.78, 5) is 42.1. The second kappa shape index (κ2) is 6.90. The minimum Gasteiger partial charge on any atom is -0.464 e. The third kappa shape index (κ3) is 3.06. The van der Waals surface area contributed by atoms with Gasteiger partial charge in [-0.2, -0.15) is 4.98 Å². The number of unbranched alkanes of at least 4 members (excludes halogenated alkanes) is 1. The van der Waals surface area contributed by atoms with Gasteiger partial charge in [0, 0.05) is 28.2 Å². The van der Waals surface area contributed by atoms with Gasteiger partial charge in [-0.1, -0.05) is 13.3 Å². The summed E-state index contributed by atoms with van der Waals surface area (Å²) in [6.45, 7) is 2.42. The zero-order valence-corrected chi connectivity index (χ0v) is 14.7. The molecule has 0 N–H and O–H groups in total. The van der Waals surface area contributed by atoms with Gasteiger partial charge in [0.2, 0.25) is 5.95 Å². The number of ether oxygens (including phenoxy) is 1. The number of rotatable bonds is 6. The molecule has 0 saturated carbocycles. The third-order valence-electron chi connectivity index (χ3n) is 3.92. The van der Waals surface area contributed by atoms with Crippen molar-refractivity contribution in [3.8, 4) is 0 Å². The number of fused-ring (bicyclic) bond motifs is 1. The quantitative estimate of drug-likeness (QED) is 0.533. The van der Waals surface area contributed by atoms with Crippen molar-refractivity contribution >= 4 is 23.1 Å². The van der Waals surface area contributed by atoms with Crippen LogP contribution in [-0.4, -0.2) is 44.9 Å². The molecule has 0 fully saturated rings. The molecule has 2 rings (SSSR count). The minimum atomic E-state index is -0.446. The zero-order valence-electron chi connectivity index (χ0n) is 14.7. The monoisotopic (exact) mass is 337 g/mol. The first-order valence-electron chi connectivity index (χ1n) is 7.78. The first-order chi connectivity index (χ1) is 11.3. The summed E-state index contributed by atoms with van der Waals surface area (Å²) in [5, 5.41) is 0. The smallest absolute Gasteiger partial charge is 0.332 e. The van der Waals surface area contributed by atoms with Crippen molar-refractivity contribution in [1.82, 2.24) is 18.7 Å². The molecular formula is C15H23N5O4. The van der Waals surface area contributed by atoms with Crippen molar-refractivity contribution in [1.29, 1.82) is 0 Å². The predicted molar refractivity (Wildman–Crippen MR) is 90.3 cm³/mol. The molecule has 24 heavy (non-hydrogen) atoms. The maximum Gasteiger partial charge on any atom is 0.332 e. The molecular weight excluding hydrogens is 314 g/mol. The molecule has 2 heterocycles. The summed E-state index contributed by atoms with van der Waals surface area (Å²) in [6, 6.07) is 0. The lowest BCUT2D eigenvalue weighted by atomic mass is 10.4. The lowest BCUT2D eigenvalue weighted by molar-refractivity contribution is -0.142. The Labute approximate surface area is 139 Å². The largest absolute Gasteiger partial charge is 0.464 e. The van der Waals surface area contributed by atoms with Crippen LogP contribution in [0.2, 0.25) is 0 Å². The van der Waals surface area contributed by atoms with E-state index in [-0.39, 0.29) is 18.2 Å². The second-order valence-corrected chi connectivity index (χ2v) is 5.78. The number of nitrogens with zero attached hydrogens (tertiary/aromatic N) is 5. The number of carbonyl (C=O) groups excluding carboxylic acids is 1. The normalized spacial score (nSPS) is 11.0. The third-order valence-corrected chi connectivity index (χ3v) is 3.92. The van der Waals surface area contributed by atoms with Crippen LogP contribution in [0.25, 0.3) is 11.2 Å². The first kappa shape index (κ1) is 17.8. The Morgan fingerprint density at radius 3 is 2.46 bits per heavy atom. The van der Waals surface area contributed by atoms with Crippen LogP contribution in [0, 0.1) is 0 Å². The van der Waals surface area contributed by atoms with Crippen LogP contribution in [0.15, 0.2) is 9.59 Å². The number of aryl methyl sites for hydroxylation is 2. The highest BCUT2D eigenvalue weighted by molar-refractivity contribution is 5.78. The maximum atomic E-state index is 12.3. The van der Waals surface area contributed by atoms with E-state index in [1.165, 1.54) is 11.6 Å². The summed E-state index contributed by atoms with van der Waals surface area (Å²) in [5.41, 5.74) is -0.278. The highest BCUT2D eigenvalue weighted by Gasteiger charge is 2.20. The van der Waals surface area contributed by atoms with Crippen molar-refractivity contribution < 1.29 is 9.53 Å². The van der Waals surface area contributed by atoms with Crippen molar-refractivity contribution in [2.24, 2.45) is 21.1 Å². The molecule has 0 atom stereocenters. The topological polar surface area (TPSA) is 91.4 Å². The summed E-state index contributed by atoms with van der Waals surface area (Å²) in [5.74, 6) is 0.0514. The van der Waals surface area contributed by atoms with Gasteiger partial charge in [-0.05, 0) is 6.42 Å². The first-order valence-corrected chi connectivity index (χ1v) is 7.78. The molecule has 0 unspecified atom stereocenters. The molecule has 9 nitrogen and oxygen atoms in total. The van der Waals surface area contributed by atoms with Gasteiger partial charge in [0.15, 0.2) is 11.2 Å². The Bertz CT molecular complexity index is 877. The fourth-order valence-electron chi connectivity index (χ4n) is 2.49. The standard InChI is InChI=1S/C15H23N5O4/c1-6-7-8-24-10(21)9-17(2)14-16-12-11(18(14)3)13(22)20(5)15(23)19(12)4/h6-9H2,1-5H3. The second-order valence-electron chi connectivity index (χ2n) is 5.78. The minimum absolute atomic E-state index is 0.00907. The molecule has 2 aromatic heterocycles. The van der Waals surface area contributed by atoms with Gasteiger partial charge in [-0.25, -0.2) is 4.79 Å². The Kier molecular flexibility index (Phi) is 5.10. The Morgan fingerprint density at radius 1 is 1.17 bits per heavy atom. The van der Waals surface area contributed by atoms with Gasteiger partial charge >= 0.3 is 11.7 Å². The van der Waals surface area contributed by atoms with Crippen LogP contribution in [0.5, 0.6) is 0 Å². The van der Waals surface area contributed by atoms with Gasteiger partial charge in [0.1, 0.15) is 6.54 Å². The van der Waals surface area contributed by atoms with Crippen LogP contribution < -0.4 is 16.1 Å². The average molecular weight is 337 g/mol. The fourth-order valence-corrected chi connectivity index (χ4v) is 2.49. The average Bonchev–Trinajstić information content (AvgIpc) is 2.89. The fraction of sp³-hybridized carbons (Fsp3) is 0.600. The molecule has 0 aromatic carbocycles. The SMILES string of the molecule is CCCCOC(=O)CN(C)c1nc2c(c(=O)n(C)c(=O)n2C)n1C. The Morgan fingerprint density at radius 2 is 1.83 bits per heavy atom. The van der Waals surface area contributed by atoms with Crippen LogP contribution >= 0.6 is 0 Å². The molecule has 2 aromatic rings. The lowest BCUT2D eigenvalue weighted by Gasteiger charge is -2.17. The van der Waals surface area contributed by atoms with E-state index in [0.29, 0.717) is 18.1 Å². The number of esters is 1. The highest BCUT2D eigenvalue weighted by atomic mass is 16.5. The van der Waals surface area contributed by atoms with E-state index in [2.05, 4.69) is 4.98 Å². The van der Waals surface area contributed by atoms with E-state index in [0.717, 1.165) is 17.4 Å². The summed E-state index contributed by atoms with van der Waals surface area (Å²) in [6.07, 6.45) is 1.77. The molecule has 0 aliphatic heterocycles. The van der Waals surface area contributed by atoms with Gasteiger partial charge in [0.05, 0.1) is 6.61 Å². The van der Waals surface area contributed by atoms with Gasteiger partial charge in [0.25, 0.3) is 5.56 Å². The number of anilines is 1. The zero-order chi connectivity index (χ0) is 18.0. The highest BCUT2D eigenvalue weighted by Crippen LogP contribution is 2.16. The van der Waals surface area contributed by atoms with Crippen LogP contribution in [0.1, 0.15) is 19.8 Å². The van der Waals surface area contributed by atoms with E-state index < -0.39 is 11.2 Å². The van der Waals surface area contributed by atoms with Crippen LogP contribution in [-0.2, 0) is 30.7 Å². The van der Waals surface area contributed by atoms with Gasteiger partial charge in [-0.15, -0.1) is 0 Å². The summed E-state index contributed by atoms with van der Waals surface area (Å²) >= 11 is 0. The van der Waals surface area contributed by atoms with Crippen molar-refractivity contribution in [3.05, 3.63) is 20.8 Å². The van der Waals surface area contributed by atoms with E-state index in [1.807, 2.05) is 6.92 Å². The molecule has 0 radical (unpaired) electrons. The summed E-state index contributed by atoms with van der Waals surface area (Å²) < 4.78 is 9.06. The van der Waals surface area contributed by atoms with E-state index >= 15 is 0 Å². The molecule has 0 aliphatic rings. The van der Waals surface area contributed by atoms with E-state index in [4.69, 9.17) is 4.74 Å². The predicted octanol–water partition coefficient (Wildman–Crippen LogP) is -0.250. The lowest BCUT2D eigenvalue weighted by Crippen LogP contribution is -2.37. The maximum absolute atomic E-state index is 12.3.